The van der Waals surface area contributed by atoms with Crippen LogP contribution >= 0.6 is 0 Å². The normalized spacial score (nSPS) is 11.0. The number of nitrogens with two attached hydrogens (primary N) is 1. The molecular formula is C18H20N2O2. The van der Waals surface area contributed by atoms with Crippen LogP contribution < -0.4 is 11.1 Å². The van der Waals surface area contributed by atoms with E-state index < -0.39 is 5.91 Å². The van der Waals surface area contributed by atoms with Crippen molar-refractivity contribution in [2.45, 2.75) is 26.2 Å². The van der Waals surface area contributed by atoms with Gasteiger partial charge in [0.25, 0.3) is 5.91 Å². The third-order valence-corrected chi connectivity index (χ3v) is 3.44. The SMILES string of the molecule is CC(C)(C)c1ccc(C(=O)Nc2ccc(C(N)=O)cc2)cc1. The van der Waals surface area contributed by atoms with Gasteiger partial charge in [-0.1, -0.05) is 32.9 Å². The lowest BCUT2D eigenvalue weighted by molar-refractivity contribution is 0.0998. The Labute approximate surface area is 130 Å². The van der Waals surface area contributed by atoms with Gasteiger partial charge in [0.15, 0.2) is 0 Å². The first-order valence-electron chi connectivity index (χ1n) is 7.09. The number of amides is 2. The van der Waals surface area contributed by atoms with Gasteiger partial charge in [-0.3, -0.25) is 9.59 Å². The van der Waals surface area contributed by atoms with Crippen LogP contribution in [0.15, 0.2) is 48.5 Å². The molecule has 0 bridgehead atoms. The van der Waals surface area contributed by atoms with Gasteiger partial charge in [0.2, 0.25) is 5.91 Å². The molecule has 0 saturated carbocycles. The second-order valence-electron chi connectivity index (χ2n) is 6.22. The summed E-state index contributed by atoms with van der Waals surface area (Å²) in [5, 5.41) is 2.79. The maximum atomic E-state index is 12.2. The van der Waals surface area contributed by atoms with E-state index >= 15 is 0 Å². The first kappa shape index (κ1) is 15.8. The number of benzene rings is 2. The zero-order valence-corrected chi connectivity index (χ0v) is 13.0. The topological polar surface area (TPSA) is 72.2 Å². The molecule has 4 nitrogen and oxygen atoms in total. The quantitative estimate of drug-likeness (QED) is 0.911. The maximum Gasteiger partial charge on any atom is 0.255 e. The Morgan fingerprint density at radius 3 is 1.82 bits per heavy atom. The fourth-order valence-electron chi connectivity index (χ4n) is 2.04. The molecule has 0 saturated heterocycles. The van der Waals surface area contributed by atoms with Gasteiger partial charge in [-0.2, -0.15) is 0 Å². The summed E-state index contributed by atoms with van der Waals surface area (Å²) in [6.07, 6.45) is 0. The van der Waals surface area contributed by atoms with Crippen LogP contribution in [0.1, 0.15) is 47.1 Å². The van der Waals surface area contributed by atoms with Crippen molar-refractivity contribution in [2.24, 2.45) is 5.73 Å². The number of hydrogen-bond donors (Lipinski definition) is 2. The third kappa shape index (κ3) is 3.73. The van der Waals surface area contributed by atoms with Crippen molar-refractivity contribution in [3.8, 4) is 0 Å². The molecule has 0 atom stereocenters. The molecule has 114 valence electrons. The molecule has 4 heteroatoms. The smallest absolute Gasteiger partial charge is 0.255 e. The third-order valence-electron chi connectivity index (χ3n) is 3.44. The zero-order valence-electron chi connectivity index (χ0n) is 13.0. The molecule has 0 fully saturated rings. The number of hydrogen-bond acceptors (Lipinski definition) is 2. The molecule has 2 aromatic carbocycles. The van der Waals surface area contributed by atoms with Crippen LogP contribution in [0, 0.1) is 0 Å². The molecule has 2 amide bonds. The average molecular weight is 296 g/mol. The van der Waals surface area contributed by atoms with Crippen LogP contribution in [0.3, 0.4) is 0 Å². The predicted octanol–water partition coefficient (Wildman–Crippen LogP) is 3.34. The lowest BCUT2D eigenvalue weighted by Gasteiger charge is -2.19. The number of carbonyl (C=O) groups excluding carboxylic acids is 2. The van der Waals surface area contributed by atoms with Crippen LogP contribution in [0.2, 0.25) is 0 Å². The van der Waals surface area contributed by atoms with Gasteiger partial charge in [0.1, 0.15) is 0 Å². The largest absolute Gasteiger partial charge is 0.366 e. The van der Waals surface area contributed by atoms with Crippen molar-refractivity contribution in [1.29, 1.82) is 0 Å². The number of carbonyl (C=O) groups is 2. The van der Waals surface area contributed by atoms with Crippen molar-refractivity contribution in [3.05, 3.63) is 65.2 Å². The van der Waals surface area contributed by atoms with E-state index in [4.69, 9.17) is 5.73 Å². The summed E-state index contributed by atoms with van der Waals surface area (Å²) in [5.74, 6) is -0.678. The zero-order chi connectivity index (χ0) is 16.3. The molecule has 0 radical (unpaired) electrons. The number of rotatable bonds is 3. The molecule has 3 N–H and O–H groups in total. The van der Waals surface area contributed by atoms with E-state index in [1.165, 1.54) is 5.56 Å². The standard InChI is InChI=1S/C18H20N2O2/c1-18(2,3)14-8-4-13(5-9-14)17(22)20-15-10-6-12(7-11-15)16(19)21/h4-11H,1-3H3,(H2,19,21)(H,20,22). The summed E-state index contributed by atoms with van der Waals surface area (Å²) in [7, 11) is 0. The molecule has 0 unspecified atom stereocenters. The Morgan fingerprint density at radius 2 is 1.36 bits per heavy atom. The monoisotopic (exact) mass is 296 g/mol. The van der Waals surface area contributed by atoms with E-state index in [0.29, 0.717) is 16.8 Å². The molecule has 22 heavy (non-hydrogen) atoms. The van der Waals surface area contributed by atoms with E-state index in [9.17, 15) is 9.59 Å². The van der Waals surface area contributed by atoms with E-state index in [0.717, 1.165) is 0 Å². The fraction of sp³-hybridized carbons (Fsp3) is 0.222. The number of anilines is 1. The van der Waals surface area contributed by atoms with Crippen molar-refractivity contribution in [1.82, 2.24) is 0 Å². The minimum atomic E-state index is -0.490. The molecule has 2 rings (SSSR count). The summed E-state index contributed by atoms with van der Waals surface area (Å²) in [6.45, 7) is 6.38. The lowest BCUT2D eigenvalue weighted by Crippen LogP contribution is -2.15. The molecule has 0 aliphatic heterocycles. The highest BCUT2D eigenvalue weighted by molar-refractivity contribution is 6.04. The molecular weight excluding hydrogens is 276 g/mol. The molecule has 0 aromatic heterocycles. The van der Waals surface area contributed by atoms with Gasteiger partial charge in [-0.15, -0.1) is 0 Å². The molecule has 2 aromatic rings. The Balaban J connectivity index is 2.10. The van der Waals surface area contributed by atoms with Gasteiger partial charge >= 0.3 is 0 Å². The van der Waals surface area contributed by atoms with Crippen LogP contribution in [0.5, 0.6) is 0 Å². The van der Waals surface area contributed by atoms with Gasteiger partial charge in [0.05, 0.1) is 0 Å². The molecule has 0 spiro atoms. The van der Waals surface area contributed by atoms with E-state index in [2.05, 4.69) is 26.1 Å². The van der Waals surface area contributed by atoms with E-state index in [1.54, 1.807) is 24.3 Å². The minimum absolute atomic E-state index is 0.0552. The van der Waals surface area contributed by atoms with Gasteiger partial charge in [0, 0.05) is 16.8 Å². The van der Waals surface area contributed by atoms with Crippen LogP contribution in [-0.2, 0) is 5.41 Å². The predicted molar refractivity (Wildman–Crippen MR) is 88.1 cm³/mol. The van der Waals surface area contributed by atoms with Gasteiger partial charge in [-0.05, 0) is 47.4 Å². The average Bonchev–Trinajstić information content (AvgIpc) is 2.47. The Kier molecular flexibility index (Phi) is 4.31. The van der Waals surface area contributed by atoms with Crippen molar-refractivity contribution in [2.75, 3.05) is 5.32 Å². The minimum Gasteiger partial charge on any atom is -0.366 e. The van der Waals surface area contributed by atoms with Crippen LogP contribution in [-0.4, -0.2) is 11.8 Å². The maximum absolute atomic E-state index is 12.2. The lowest BCUT2D eigenvalue weighted by atomic mass is 9.87. The van der Waals surface area contributed by atoms with Crippen LogP contribution in [0.4, 0.5) is 5.69 Å². The van der Waals surface area contributed by atoms with Gasteiger partial charge < -0.3 is 11.1 Å². The van der Waals surface area contributed by atoms with E-state index in [1.807, 2.05) is 24.3 Å². The summed E-state index contributed by atoms with van der Waals surface area (Å²) in [5.41, 5.74) is 8.03. The van der Waals surface area contributed by atoms with Gasteiger partial charge in [-0.25, -0.2) is 0 Å². The Bertz CT molecular complexity index is 681. The molecule has 0 aliphatic rings. The second-order valence-corrected chi connectivity index (χ2v) is 6.22. The van der Waals surface area contributed by atoms with E-state index in [-0.39, 0.29) is 11.3 Å². The Hall–Kier alpha value is -2.62. The first-order chi connectivity index (χ1) is 10.3. The number of primary amides is 1. The van der Waals surface area contributed by atoms with Crippen molar-refractivity contribution in [3.63, 3.8) is 0 Å². The van der Waals surface area contributed by atoms with Crippen molar-refractivity contribution >= 4 is 17.5 Å². The van der Waals surface area contributed by atoms with Crippen LogP contribution in [0.25, 0.3) is 0 Å². The highest BCUT2D eigenvalue weighted by Gasteiger charge is 2.14. The molecule has 0 heterocycles. The number of nitrogens with one attached hydrogen (secondary N) is 1. The highest BCUT2D eigenvalue weighted by atomic mass is 16.2. The summed E-state index contributed by atoms with van der Waals surface area (Å²) >= 11 is 0. The fourth-order valence-corrected chi connectivity index (χ4v) is 2.04. The van der Waals surface area contributed by atoms with Crippen molar-refractivity contribution < 1.29 is 9.59 Å². The second kappa shape index (κ2) is 6.02. The first-order valence-corrected chi connectivity index (χ1v) is 7.09. The molecule has 0 aliphatic carbocycles. The summed E-state index contributed by atoms with van der Waals surface area (Å²) in [6, 6.07) is 14.0. The highest BCUT2D eigenvalue weighted by Crippen LogP contribution is 2.22. The Morgan fingerprint density at radius 1 is 0.864 bits per heavy atom. The summed E-state index contributed by atoms with van der Waals surface area (Å²) < 4.78 is 0. The summed E-state index contributed by atoms with van der Waals surface area (Å²) in [4.78, 5) is 23.2.